The van der Waals surface area contributed by atoms with Crippen LogP contribution in [-0.2, 0) is 4.74 Å². The third-order valence-corrected chi connectivity index (χ3v) is 2.41. The number of ether oxygens (including phenoxy) is 1. The topological polar surface area (TPSA) is 12.2 Å². The molecular formula is C8H15NO. The van der Waals surface area contributed by atoms with Crippen LogP contribution < -0.4 is 0 Å². The molecule has 2 fully saturated rings. The minimum atomic E-state index is 0.476. The predicted octanol–water partition coefficient (Wildman–Crippen LogP) is 1.07. The standard InChI is InChI=1S/C8H15NO/c1-7-2-5-10-8(6-7)9-3-4-9/h7-8H,2-6H2,1H3. The normalized spacial score (nSPS) is 41.7. The molecule has 2 aliphatic rings. The molecule has 2 saturated heterocycles. The van der Waals surface area contributed by atoms with Crippen molar-refractivity contribution in [2.75, 3.05) is 19.7 Å². The minimum absolute atomic E-state index is 0.476. The monoisotopic (exact) mass is 141 g/mol. The Balaban J connectivity index is 1.84. The summed E-state index contributed by atoms with van der Waals surface area (Å²) in [5, 5.41) is 0. The summed E-state index contributed by atoms with van der Waals surface area (Å²) in [6.07, 6.45) is 2.98. The van der Waals surface area contributed by atoms with Gasteiger partial charge in [-0.1, -0.05) is 6.92 Å². The fourth-order valence-electron chi connectivity index (χ4n) is 1.54. The lowest BCUT2D eigenvalue weighted by Crippen LogP contribution is -2.30. The van der Waals surface area contributed by atoms with Crippen LogP contribution >= 0.6 is 0 Å². The van der Waals surface area contributed by atoms with Crippen LogP contribution in [-0.4, -0.2) is 30.8 Å². The minimum Gasteiger partial charge on any atom is -0.363 e. The lowest BCUT2D eigenvalue weighted by atomic mass is 10.0. The van der Waals surface area contributed by atoms with Gasteiger partial charge >= 0.3 is 0 Å². The van der Waals surface area contributed by atoms with E-state index in [0.29, 0.717) is 6.23 Å². The third-order valence-electron chi connectivity index (χ3n) is 2.41. The number of nitrogens with zero attached hydrogens (tertiary/aromatic N) is 1. The maximum atomic E-state index is 5.60. The lowest BCUT2D eigenvalue weighted by Gasteiger charge is -2.27. The van der Waals surface area contributed by atoms with Crippen molar-refractivity contribution in [2.24, 2.45) is 5.92 Å². The number of rotatable bonds is 1. The summed E-state index contributed by atoms with van der Waals surface area (Å²) >= 11 is 0. The van der Waals surface area contributed by atoms with Gasteiger partial charge in [0.15, 0.2) is 0 Å². The van der Waals surface area contributed by atoms with Crippen molar-refractivity contribution in [3.63, 3.8) is 0 Å². The quantitative estimate of drug-likeness (QED) is 0.506. The first-order chi connectivity index (χ1) is 4.86. The molecule has 0 saturated carbocycles. The highest BCUT2D eigenvalue weighted by molar-refractivity contribution is 4.79. The number of hydrogen-bond donors (Lipinski definition) is 0. The first kappa shape index (κ1) is 6.62. The molecule has 0 aromatic heterocycles. The second-order valence-electron chi connectivity index (χ2n) is 3.49. The molecule has 0 aliphatic carbocycles. The zero-order chi connectivity index (χ0) is 6.97. The molecule has 2 nitrogen and oxygen atoms in total. The van der Waals surface area contributed by atoms with Crippen molar-refractivity contribution in [1.29, 1.82) is 0 Å². The third kappa shape index (κ3) is 1.32. The Morgan fingerprint density at radius 1 is 1.40 bits per heavy atom. The van der Waals surface area contributed by atoms with E-state index in [1.807, 2.05) is 0 Å². The van der Waals surface area contributed by atoms with Gasteiger partial charge in [-0.25, -0.2) is 0 Å². The molecule has 0 aromatic carbocycles. The molecule has 2 atom stereocenters. The van der Waals surface area contributed by atoms with E-state index in [1.54, 1.807) is 0 Å². The highest BCUT2D eigenvalue weighted by atomic mass is 16.5. The highest BCUT2D eigenvalue weighted by Gasteiger charge is 2.31. The zero-order valence-corrected chi connectivity index (χ0v) is 6.55. The van der Waals surface area contributed by atoms with E-state index in [4.69, 9.17) is 4.74 Å². The fourth-order valence-corrected chi connectivity index (χ4v) is 1.54. The van der Waals surface area contributed by atoms with Crippen molar-refractivity contribution in [3.05, 3.63) is 0 Å². The van der Waals surface area contributed by atoms with E-state index in [0.717, 1.165) is 12.5 Å². The van der Waals surface area contributed by atoms with Crippen molar-refractivity contribution < 1.29 is 4.74 Å². The fraction of sp³-hybridized carbons (Fsp3) is 1.00. The molecular weight excluding hydrogens is 126 g/mol. The first-order valence-corrected chi connectivity index (χ1v) is 4.22. The van der Waals surface area contributed by atoms with Crippen molar-refractivity contribution in [1.82, 2.24) is 4.90 Å². The molecule has 2 heterocycles. The van der Waals surface area contributed by atoms with Gasteiger partial charge < -0.3 is 4.74 Å². The maximum absolute atomic E-state index is 5.60. The molecule has 0 bridgehead atoms. The lowest BCUT2D eigenvalue weighted by molar-refractivity contribution is -0.0582. The SMILES string of the molecule is CC1CCOC(N2CC2)C1. The van der Waals surface area contributed by atoms with Gasteiger partial charge in [0.25, 0.3) is 0 Å². The Morgan fingerprint density at radius 2 is 2.20 bits per heavy atom. The smallest absolute Gasteiger partial charge is 0.110 e. The van der Waals surface area contributed by atoms with Crippen LogP contribution in [0, 0.1) is 5.92 Å². The van der Waals surface area contributed by atoms with Gasteiger partial charge in [-0.2, -0.15) is 0 Å². The zero-order valence-electron chi connectivity index (χ0n) is 6.55. The molecule has 58 valence electrons. The van der Waals surface area contributed by atoms with E-state index in [2.05, 4.69) is 11.8 Å². The van der Waals surface area contributed by atoms with Gasteiger partial charge in [0.05, 0.1) is 0 Å². The van der Waals surface area contributed by atoms with Crippen LogP contribution in [0.15, 0.2) is 0 Å². The van der Waals surface area contributed by atoms with E-state index >= 15 is 0 Å². The van der Waals surface area contributed by atoms with E-state index in [-0.39, 0.29) is 0 Å². The predicted molar refractivity (Wildman–Crippen MR) is 39.7 cm³/mol. The maximum Gasteiger partial charge on any atom is 0.110 e. The average Bonchev–Trinajstić information content (AvgIpc) is 2.68. The summed E-state index contributed by atoms with van der Waals surface area (Å²) in [5.74, 6) is 0.874. The Bertz CT molecular complexity index is 122. The molecule has 2 rings (SSSR count). The summed E-state index contributed by atoms with van der Waals surface area (Å²) in [4.78, 5) is 2.40. The highest BCUT2D eigenvalue weighted by Crippen LogP contribution is 2.25. The largest absolute Gasteiger partial charge is 0.363 e. The Hall–Kier alpha value is -0.0800. The Kier molecular flexibility index (Phi) is 1.66. The second kappa shape index (κ2) is 2.51. The molecule has 10 heavy (non-hydrogen) atoms. The van der Waals surface area contributed by atoms with Gasteiger partial charge in [0.2, 0.25) is 0 Å². The van der Waals surface area contributed by atoms with Gasteiger partial charge in [0, 0.05) is 19.7 Å². The van der Waals surface area contributed by atoms with Crippen LogP contribution in [0.5, 0.6) is 0 Å². The molecule has 0 amide bonds. The van der Waals surface area contributed by atoms with E-state index < -0.39 is 0 Å². The molecule has 2 aliphatic heterocycles. The van der Waals surface area contributed by atoms with Crippen molar-refractivity contribution in [3.8, 4) is 0 Å². The molecule has 0 aromatic rings. The summed E-state index contributed by atoms with van der Waals surface area (Å²) in [6.45, 7) is 5.82. The second-order valence-corrected chi connectivity index (χ2v) is 3.49. The van der Waals surface area contributed by atoms with Gasteiger partial charge in [0.1, 0.15) is 6.23 Å². The molecule has 0 spiro atoms. The van der Waals surface area contributed by atoms with Crippen LogP contribution in [0.2, 0.25) is 0 Å². The Morgan fingerprint density at radius 3 is 2.80 bits per heavy atom. The van der Waals surface area contributed by atoms with Crippen LogP contribution in [0.4, 0.5) is 0 Å². The van der Waals surface area contributed by atoms with E-state index in [9.17, 15) is 0 Å². The molecule has 0 radical (unpaired) electrons. The number of hydrogen-bond acceptors (Lipinski definition) is 2. The molecule has 2 heteroatoms. The molecule has 0 N–H and O–H groups in total. The Labute approximate surface area is 62.2 Å². The van der Waals surface area contributed by atoms with Gasteiger partial charge in [-0.3, -0.25) is 4.90 Å². The van der Waals surface area contributed by atoms with Crippen molar-refractivity contribution in [2.45, 2.75) is 26.0 Å². The average molecular weight is 141 g/mol. The van der Waals surface area contributed by atoms with Crippen LogP contribution in [0.1, 0.15) is 19.8 Å². The van der Waals surface area contributed by atoms with Crippen LogP contribution in [0.25, 0.3) is 0 Å². The molecule has 2 unspecified atom stereocenters. The van der Waals surface area contributed by atoms with E-state index in [1.165, 1.54) is 25.9 Å². The van der Waals surface area contributed by atoms with Crippen molar-refractivity contribution >= 4 is 0 Å². The van der Waals surface area contributed by atoms with Gasteiger partial charge in [-0.05, 0) is 18.8 Å². The first-order valence-electron chi connectivity index (χ1n) is 4.22. The summed E-state index contributed by atoms with van der Waals surface area (Å²) < 4.78 is 5.60. The van der Waals surface area contributed by atoms with Crippen LogP contribution in [0.3, 0.4) is 0 Å². The summed E-state index contributed by atoms with van der Waals surface area (Å²) in [6, 6.07) is 0. The van der Waals surface area contributed by atoms with Gasteiger partial charge in [-0.15, -0.1) is 0 Å². The summed E-state index contributed by atoms with van der Waals surface area (Å²) in [7, 11) is 0. The summed E-state index contributed by atoms with van der Waals surface area (Å²) in [5.41, 5.74) is 0.